The summed E-state index contributed by atoms with van der Waals surface area (Å²) in [6.07, 6.45) is 7.89. The summed E-state index contributed by atoms with van der Waals surface area (Å²) in [5, 5.41) is 15.3. The van der Waals surface area contributed by atoms with Crippen molar-refractivity contribution in [1.82, 2.24) is 15.5 Å². The first-order chi connectivity index (χ1) is 15.9. The molecule has 2 amide bonds. The highest BCUT2D eigenvalue weighted by atomic mass is 32.2. The molecule has 1 aromatic carbocycles. The molecule has 0 unspecified atom stereocenters. The number of nitrogens with zero attached hydrogens (tertiary/aromatic N) is 1. The molecule has 182 valence electrons. The summed E-state index contributed by atoms with van der Waals surface area (Å²) < 4.78 is 0. The van der Waals surface area contributed by atoms with Gasteiger partial charge in [0.2, 0.25) is 0 Å². The number of carbonyl (C=O) groups is 3. The van der Waals surface area contributed by atoms with Gasteiger partial charge in [-0.2, -0.15) is 0 Å². The number of urea groups is 1. The SMILES string of the molecule is CCCCCCc1c(C[C@@H]2CC(=O)[C@@]3(CNCCN3C(=O)NC)C2=O)ccc(NO)c1SC. The Morgan fingerprint density at radius 3 is 2.76 bits per heavy atom. The van der Waals surface area contributed by atoms with Crippen LogP contribution in [-0.2, 0) is 22.4 Å². The van der Waals surface area contributed by atoms with E-state index in [4.69, 9.17) is 0 Å². The van der Waals surface area contributed by atoms with Crippen molar-refractivity contribution in [1.29, 1.82) is 0 Å². The topological polar surface area (TPSA) is 111 Å². The Hall–Kier alpha value is -2.10. The number of anilines is 1. The number of ketones is 2. The predicted molar refractivity (Wildman–Crippen MR) is 130 cm³/mol. The molecule has 2 aliphatic rings. The fourth-order valence-electron chi connectivity index (χ4n) is 5.20. The number of carbonyl (C=O) groups excluding carboxylic acids is 3. The number of rotatable bonds is 9. The summed E-state index contributed by atoms with van der Waals surface area (Å²) in [5.41, 5.74) is 3.70. The first-order valence-corrected chi connectivity index (χ1v) is 13.0. The second-order valence-electron chi connectivity index (χ2n) is 8.84. The van der Waals surface area contributed by atoms with Gasteiger partial charge in [0.15, 0.2) is 17.1 Å². The fourth-order valence-corrected chi connectivity index (χ4v) is 6.01. The smallest absolute Gasteiger partial charge is 0.318 e. The molecule has 1 heterocycles. The van der Waals surface area contributed by atoms with E-state index in [-0.39, 0.29) is 24.5 Å². The molecule has 2 atom stereocenters. The highest BCUT2D eigenvalue weighted by Crippen LogP contribution is 2.39. The molecule has 33 heavy (non-hydrogen) atoms. The zero-order valence-electron chi connectivity index (χ0n) is 19.8. The largest absolute Gasteiger partial charge is 0.341 e. The van der Waals surface area contributed by atoms with Crippen molar-refractivity contribution in [3.63, 3.8) is 0 Å². The Bertz CT molecular complexity index is 893. The maximum atomic E-state index is 13.7. The van der Waals surface area contributed by atoms with E-state index in [1.54, 1.807) is 11.8 Å². The quantitative estimate of drug-likeness (QED) is 0.188. The Morgan fingerprint density at radius 2 is 2.09 bits per heavy atom. The maximum Gasteiger partial charge on any atom is 0.318 e. The number of piperazine rings is 1. The van der Waals surface area contributed by atoms with Crippen LogP contribution in [0.25, 0.3) is 0 Å². The molecule has 1 aliphatic heterocycles. The van der Waals surface area contributed by atoms with Crippen LogP contribution in [0, 0.1) is 5.92 Å². The lowest BCUT2D eigenvalue weighted by atomic mass is 9.86. The number of Topliss-reactive ketones (excluding diaryl/α,β-unsaturated/α-hetero) is 2. The summed E-state index contributed by atoms with van der Waals surface area (Å²) in [6.45, 7) is 3.22. The molecule has 1 aliphatic carbocycles. The lowest BCUT2D eigenvalue weighted by molar-refractivity contribution is -0.137. The van der Waals surface area contributed by atoms with Gasteiger partial charge in [-0.15, -0.1) is 11.8 Å². The molecule has 0 aromatic heterocycles. The maximum absolute atomic E-state index is 13.7. The molecule has 1 saturated carbocycles. The van der Waals surface area contributed by atoms with Crippen molar-refractivity contribution in [3.8, 4) is 0 Å². The zero-order valence-corrected chi connectivity index (χ0v) is 20.6. The lowest BCUT2D eigenvalue weighted by Crippen LogP contribution is -2.70. The van der Waals surface area contributed by atoms with Crippen LogP contribution >= 0.6 is 11.8 Å². The van der Waals surface area contributed by atoms with Crippen LogP contribution in [0.1, 0.15) is 50.2 Å². The molecule has 3 rings (SSSR count). The van der Waals surface area contributed by atoms with E-state index in [1.165, 1.54) is 18.4 Å². The van der Waals surface area contributed by atoms with Crippen LogP contribution in [0.2, 0.25) is 0 Å². The van der Waals surface area contributed by atoms with Crippen LogP contribution in [0.15, 0.2) is 17.0 Å². The number of hydrogen-bond acceptors (Lipinski definition) is 7. The second kappa shape index (κ2) is 11.4. The van der Waals surface area contributed by atoms with Gasteiger partial charge in [-0.05, 0) is 42.7 Å². The molecule has 2 fully saturated rings. The van der Waals surface area contributed by atoms with Gasteiger partial charge in [0.05, 0.1) is 5.69 Å². The number of amides is 2. The minimum atomic E-state index is -1.42. The summed E-state index contributed by atoms with van der Waals surface area (Å²) >= 11 is 1.57. The molecular weight excluding hydrogens is 440 g/mol. The number of benzene rings is 1. The molecule has 9 heteroatoms. The van der Waals surface area contributed by atoms with Gasteiger partial charge in [0.1, 0.15) is 0 Å². The van der Waals surface area contributed by atoms with E-state index >= 15 is 0 Å². The second-order valence-corrected chi connectivity index (χ2v) is 9.66. The highest BCUT2D eigenvalue weighted by Gasteiger charge is 2.60. The highest BCUT2D eigenvalue weighted by molar-refractivity contribution is 7.98. The monoisotopic (exact) mass is 476 g/mol. The summed E-state index contributed by atoms with van der Waals surface area (Å²) in [6, 6.07) is 3.39. The molecule has 1 spiro atoms. The van der Waals surface area contributed by atoms with Gasteiger partial charge in [0, 0.05) is 43.9 Å². The van der Waals surface area contributed by atoms with Crippen LogP contribution in [0.4, 0.5) is 10.5 Å². The average molecular weight is 477 g/mol. The first-order valence-electron chi connectivity index (χ1n) is 11.8. The fraction of sp³-hybridized carbons (Fsp3) is 0.625. The third-order valence-electron chi connectivity index (χ3n) is 6.91. The first kappa shape index (κ1) is 25.5. The van der Waals surface area contributed by atoms with E-state index < -0.39 is 17.5 Å². The number of thioether (sulfide) groups is 1. The Kier molecular flexibility index (Phi) is 8.78. The van der Waals surface area contributed by atoms with Crippen LogP contribution in [0.5, 0.6) is 0 Å². The standard InChI is InChI=1S/C24H36N4O4S/c1-4-5-6-7-8-18-16(9-10-19(27-32)21(18)33-3)13-17-14-20(29)24(22(17)30)15-26-11-12-28(24)23(31)25-2/h9-10,17,26-27,32H,4-8,11-15H2,1-3H3,(H,25,31)/t17-,24+/m1/s1. The minimum Gasteiger partial charge on any atom is -0.341 e. The molecule has 0 bridgehead atoms. The zero-order chi connectivity index (χ0) is 24.0. The van der Waals surface area contributed by atoms with Gasteiger partial charge in [-0.3, -0.25) is 20.3 Å². The third kappa shape index (κ3) is 4.90. The molecule has 4 N–H and O–H groups in total. The van der Waals surface area contributed by atoms with Gasteiger partial charge >= 0.3 is 6.03 Å². The van der Waals surface area contributed by atoms with E-state index in [0.717, 1.165) is 41.7 Å². The number of unbranched alkanes of at least 4 members (excludes halogenated alkanes) is 3. The van der Waals surface area contributed by atoms with E-state index in [9.17, 15) is 19.6 Å². The summed E-state index contributed by atoms with van der Waals surface area (Å²) in [4.78, 5) is 41.8. The van der Waals surface area contributed by atoms with Gasteiger partial charge in [-0.1, -0.05) is 32.3 Å². The number of nitrogens with one attached hydrogen (secondary N) is 3. The Labute approximate surface area is 200 Å². The van der Waals surface area contributed by atoms with E-state index in [1.807, 2.05) is 18.4 Å². The van der Waals surface area contributed by atoms with Gasteiger partial charge in [-0.25, -0.2) is 4.79 Å². The summed E-state index contributed by atoms with van der Waals surface area (Å²) in [7, 11) is 1.52. The molecule has 1 aromatic rings. The minimum absolute atomic E-state index is 0.137. The van der Waals surface area contributed by atoms with Crippen LogP contribution in [-0.4, -0.2) is 66.2 Å². The van der Waals surface area contributed by atoms with Crippen molar-refractivity contribution in [2.45, 2.75) is 62.3 Å². The Balaban J connectivity index is 1.90. The van der Waals surface area contributed by atoms with Crippen LogP contribution in [0.3, 0.4) is 0 Å². The normalized spacial score (nSPS) is 22.8. The number of hydrogen-bond donors (Lipinski definition) is 4. The van der Waals surface area contributed by atoms with Crippen molar-refractivity contribution < 1.29 is 19.6 Å². The molecular formula is C24H36N4O4S. The third-order valence-corrected chi connectivity index (χ3v) is 7.79. The molecule has 1 saturated heterocycles. The Morgan fingerprint density at radius 1 is 1.30 bits per heavy atom. The van der Waals surface area contributed by atoms with Crippen molar-refractivity contribution >= 4 is 35.0 Å². The van der Waals surface area contributed by atoms with Crippen LogP contribution < -0.4 is 16.1 Å². The van der Waals surface area contributed by atoms with Crippen molar-refractivity contribution in [2.24, 2.45) is 5.92 Å². The van der Waals surface area contributed by atoms with E-state index in [2.05, 4.69) is 23.0 Å². The van der Waals surface area contributed by atoms with Crippen molar-refractivity contribution in [2.75, 3.05) is 38.4 Å². The van der Waals surface area contributed by atoms with E-state index in [0.29, 0.717) is 25.2 Å². The summed E-state index contributed by atoms with van der Waals surface area (Å²) in [5.74, 6) is -0.826. The molecule has 8 nitrogen and oxygen atoms in total. The average Bonchev–Trinajstić information content (AvgIpc) is 3.06. The lowest BCUT2D eigenvalue weighted by Gasteiger charge is -2.42. The van der Waals surface area contributed by atoms with Crippen molar-refractivity contribution in [3.05, 3.63) is 23.3 Å². The molecule has 0 radical (unpaired) electrons. The van der Waals surface area contributed by atoms with Gasteiger partial charge in [0.25, 0.3) is 0 Å². The van der Waals surface area contributed by atoms with Gasteiger partial charge < -0.3 is 15.5 Å². The predicted octanol–water partition coefficient (Wildman–Crippen LogP) is 3.02.